The lowest BCUT2D eigenvalue weighted by Crippen LogP contribution is -2.34. The van der Waals surface area contributed by atoms with Crippen LogP contribution in [0.15, 0.2) is 51.9 Å². The summed E-state index contributed by atoms with van der Waals surface area (Å²) in [5, 5.41) is 6.97. The van der Waals surface area contributed by atoms with E-state index in [4.69, 9.17) is 9.26 Å². The molecule has 32 heavy (non-hydrogen) atoms. The minimum Gasteiger partial charge on any atom is -0.488 e. The van der Waals surface area contributed by atoms with Crippen LogP contribution in [0.2, 0.25) is 0 Å². The van der Waals surface area contributed by atoms with E-state index in [1.54, 1.807) is 12.1 Å². The number of ether oxygens (including phenoxy) is 1. The van der Waals surface area contributed by atoms with Gasteiger partial charge >= 0.3 is 0 Å². The summed E-state index contributed by atoms with van der Waals surface area (Å²) in [4.78, 5) is 12.9. The Bertz CT molecular complexity index is 1280. The molecule has 0 fully saturated rings. The van der Waals surface area contributed by atoms with Gasteiger partial charge in [-0.15, -0.1) is 0 Å². The molecule has 8 heteroatoms. The van der Waals surface area contributed by atoms with Crippen LogP contribution in [0.25, 0.3) is 11.1 Å². The quantitative estimate of drug-likeness (QED) is 0.637. The highest BCUT2D eigenvalue weighted by Gasteiger charge is 2.27. The summed E-state index contributed by atoms with van der Waals surface area (Å²) in [6.45, 7) is 0.376. The van der Waals surface area contributed by atoms with E-state index in [0.29, 0.717) is 23.6 Å². The van der Waals surface area contributed by atoms with E-state index in [0.717, 1.165) is 59.4 Å². The number of nitrogens with one attached hydrogen (secondary N) is 1. The van der Waals surface area contributed by atoms with Crippen molar-refractivity contribution in [2.75, 3.05) is 12.8 Å². The van der Waals surface area contributed by atoms with Crippen LogP contribution in [0.3, 0.4) is 0 Å². The van der Waals surface area contributed by atoms with Gasteiger partial charge in [0.25, 0.3) is 5.91 Å². The van der Waals surface area contributed by atoms with Crippen LogP contribution in [0.5, 0.6) is 5.75 Å². The van der Waals surface area contributed by atoms with Crippen LogP contribution in [0.4, 0.5) is 0 Å². The lowest BCUT2D eigenvalue weighted by molar-refractivity contribution is 0.0895. The summed E-state index contributed by atoms with van der Waals surface area (Å²) in [5.41, 5.74) is 4.84. The first-order chi connectivity index (χ1) is 15.4. The molecule has 2 aromatic carbocycles. The molecule has 1 N–H and O–H groups in total. The van der Waals surface area contributed by atoms with Crippen molar-refractivity contribution in [2.45, 2.75) is 43.1 Å². The highest BCUT2D eigenvalue weighted by Crippen LogP contribution is 2.33. The molecular formula is C24H24N2O5S. The number of nitrogens with zero attached hydrogens (tertiary/aromatic N) is 1. The van der Waals surface area contributed by atoms with Gasteiger partial charge in [-0.2, -0.15) is 0 Å². The second-order valence-corrected chi connectivity index (χ2v) is 10.4. The average Bonchev–Trinajstić information content (AvgIpc) is 3.40. The normalized spacial score (nSPS) is 17.3. The van der Waals surface area contributed by atoms with Crippen molar-refractivity contribution in [3.05, 3.63) is 65.0 Å². The number of fused-ring (bicyclic) bond motifs is 2. The van der Waals surface area contributed by atoms with Gasteiger partial charge < -0.3 is 14.6 Å². The number of rotatable bonds is 5. The lowest BCUT2D eigenvalue weighted by Gasteiger charge is -2.12. The fourth-order valence-corrected chi connectivity index (χ4v) is 4.99. The van der Waals surface area contributed by atoms with Crippen LogP contribution in [-0.2, 0) is 29.1 Å². The van der Waals surface area contributed by atoms with Gasteiger partial charge in [-0.25, -0.2) is 8.42 Å². The number of hydrogen-bond donors (Lipinski definition) is 1. The molecule has 1 aromatic heterocycles. The molecule has 0 radical (unpaired) electrons. The van der Waals surface area contributed by atoms with Crippen molar-refractivity contribution in [3.63, 3.8) is 0 Å². The minimum atomic E-state index is -3.22. The molecule has 7 nitrogen and oxygen atoms in total. The Labute approximate surface area is 186 Å². The molecule has 2 heterocycles. The Hall–Kier alpha value is -3.13. The van der Waals surface area contributed by atoms with E-state index in [1.165, 1.54) is 6.26 Å². The Morgan fingerprint density at radius 1 is 1.09 bits per heavy atom. The second-order valence-electron chi connectivity index (χ2n) is 8.42. The van der Waals surface area contributed by atoms with E-state index in [1.807, 2.05) is 24.3 Å². The molecule has 0 saturated heterocycles. The third-order valence-electron chi connectivity index (χ3n) is 6.07. The van der Waals surface area contributed by atoms with E-state index < -0.39 is 9.84 Å². The Morgan fingerprint density at radius 3 is 2.62 bits per heavy atom. The van der Waals surface area contributed by atoms with Crippen LogP contribution in [-0.4, -0.2) is 38.4 Å². The predicted molar refractivity (Wildman–Crippen MR) is 119 cm³/mol. The number of carbonyl (C=O) groups is 1. The maximum absolute atomic E-state index is 12.6. The number of amides is 1. The topological polar surface area (TPSA) is 98.5 Å². The second kappa shape index (κ2) is 8.09. The zero-order valence-electron chi connectivity index (χ0n) is 17.8. The molecule has 1 amide bonds. The monoisotopic (exact) mass is 452 g/mol. The Balaban J connectivity index is 1.24. The first-order valence-electron chi connectivity index (χ1n) is 10.7. The molecule has 1 atom stereocenters. The number of aromatic nitrogens is 1. The zero-order valence-corrected chi connectivity index (χ0v) is 18.6. The zero-order chi connectivity index (χ0) is 22.3. The third-order valence-corrected chi connectivity index (χ3v) is 7.20. The summed E-state index contributed by atoms with van der Waals surface area (Å²) < 4.78 is 34.7. The Kier molecular flexibility index (Phi) is 5.25. The van der Waals surface area contributed by atoms with E-state index in [2.05, 4.69) is 16.5 Å². The lowest BCUT2D eigenvalue weighted by atomic mass is 9.96. The molecule has 1 aliphatic heterocycles. The largest absolute Gasteiger partial charge is 0.488 e. The molecule has 3 aromatic rings. The number of benzene rings is 2. The number of hydrogen-bond acceptors (Lipinski definition) is 6. The summed E-state index contributed by atoms with van der Waals surface area (Å²) in [6.07, 6.45) is 5.56. The van der Waals surface area contributed by atoms with Crippen LogP contribution in [0, 0.1) is 0 Å². The van der Waals surface area contributed by atoms with Gasteiger partial charge in [-0.05, 0) is 66.6 Å². The molecule has 0 bridgehead atoms. The minimum absolute atomic E-state index is 0.157. The van der Waals surface area contributed by atoms with Crippen molar-refractivity contribution in [2.24, 2.45) is 0 Å². The predicted octanol–water partition coefficient (Wildman–Crippen LogP) is 3.36. The van der Waals surface area contributed by atoms with E-state index in [-0.39, 0.29) is 12.0 Å². The summed E-state index contributed by atoms with van der Waals surface area (Å²) in [6, 6.07) is 12.8. The highest BCUT2D eigenvalue weighted by molar-refractivity contribution is 7.90. The SMILES string of the molecule is CS(=O)(=O)c1ccc(-c2ccc3c(c2)C[C@H](CNC(=O)c2onc4c2CCCC4)O3)cc1. The summed E-state index contributed by atoms with van der Waals surface area (Å²) >= 11 is 0. The van der Waals surface area contributed by atoms with Gasteiger partial charge in [-0.1, -0.05) is 23.4 Å². The van der Waals surface area contributed by atoms with Crippen molar-refractivity contribution < 1.29 is 22.5 Å². The maximum Gasteiger partial charge on any atom is 0.290 e. The average molecular weight is 453 g/mol. The summed E-state index contributed by atoms with van der Waals surface area (Å²) in [5.74, 6) is 0.889. The molecule has 5 rings (SSSR count). The van der Waals surface area contributed by atoms with Crippen LogP contribution < -0.4 is 10.1 Å². The van der Waals surface area contributed by atoms with Crippen molar-refractivity contribution in [3.8, 4) is 16.9 Å². The van der Waals surface area contributed by atoms with Gasteiger partial charge in [0.05, 0.1) is 17.1 Å². The molecule has 1 aliphatic carbocycles. The van der Waals surface area contributed by atoms with Gasteiger partial charge in [0.15, 0.2) is 9.84 Å². The molecular weight excluding hydrogens is 428 g/mol. The van der Waals surface area contributed by atoms with E-state index >= 15 is 0 Å². The van der Waals surface area contributed by atoms with Crippen molar-refractivity contribution >= 4 is 15.7 Å². The maximum atomic E-state index is 12.6. The number of carbonyl (C=O) groups excluding carboxylic acids is 1. The third kappa shape index (κ3) is 4.02. The summed E-state index contributed by atoms with van der Waals surface area (Å²) in [7, 11) is -3.22. The highest BCUT2D eigenvalue weighted by atomic mass is 32.2. The van der Waals surface area contributed by atoms with E-state index in [9.17, 15) is 13.2 Å². The molecule has 2 aliphatic rings. The van der Waals surface area contributed by atoms with Gasteiger partial charge in [0.2, 0.25) is 5.76 Å². The number of sulfone groups is 1. The molecule has 0 unspecified atom stereocenters. The molecule has 0 spiro atoms. The first-order valence-corrected chi connectivity index (χ1v) is 12.6. The standard InChI is InChI=1S/C24H24N2O5S/c1-32(28,29)19-9-6-15(7-10-19)16-8-11-22-17(12-16)13-18(30-22)14-25-24(27)23-20-4-2-3-5-21(20)26-31-23/h6-12,18H,2-5,13-14H2,1H3,(H,25,27)/t18-/m1/s1. The molecule has 0 saturated carbocycles. The van der Waals surface area contributed by atoms with Gasteiger partial charge in [0, 0.05) is 18.2 Å². The van der Waals surface area contributed by atoms with Gasteiger partial charge in [0.1, 0.15) is 11.9 Å². The molecule has 166 valence electrons. The van der Waals surface area contributed by atoms with Crippen LogP contribution in [0.1, 0.15) is 40.2 Å². The smallest absolute Gasteiger partial charge is 0.290 e. The fourth-order valence-electron chi connectivity index (χ4n) is 4.36. The van der Waals surface area contributed by atoms with Crippen molar-refractivity contribution in [1.82, 2.24) is 10.5 Å². The van der Waals surface area contributed by atoms with Crippen molar-refractivity contribution in [1.29, 1.82) is 0 Å². The van der Waals surface area contributed by atoms with Crippen LogP contribution >= 0.6 is 0 Å². The Morgan fingerprint density at radius 2 is 1.84 bits per heavy atom. The number of aryl methyl sites for hydroxylation is 1. The first kappa shape index (κ1) is 20.8. The fraction of sp³-hybridized carbons (Fsp3) is 0.333. The van der Waals surface area contributed by atoms with Gasteiger partial charge in [-0.3, -0.25) is 4.79 Å².